The number of sulfone groups is 1. The van der Waals surface area contributed by atoms with Gasteiger partial charge in [-0.3, -0.25) is 0 Å². The van der Waals surface area contributed by atoms with Crippen LogP contribution in [0.5, 0.6) is 0 Å². The van der Waals surface area contributed by atoms with Crippen molar-refractivity contribution in [2.75, 3.05) is 26.4 Å². The average molecular weight is 559 g/mol. The molecule has 0 amide bonds. The van der Waals surface area contributed by atoms with Gasteiger partial charge in [-0.1, -0.05) is 13.2 Å². The summed E-state index contributed by atoms with van der Waals surface area (Å²) in [7, 11) is -3.98. The van der Waals surface area contributed by atoms with E-state index in [-0.39, 0.29) is 58.5 Å². The summed E-state index contributed by atoms with van der Waals surface area (Å²) in [4.78, 5) is 47.4. The molecule has 0 N–H and O–H groups in total. The first kappa shape index (κ1) is 31.0. The molecule has 2 rings (SSSR count). The van der Waals surface area contributed by atoms with E-state index in [0.29, 0.717) is 11.1 Å². The van der Waals surface area contributed by atoms with Crippen molar-refractivity contribution in [3.63, 3.8) is 0 Å². The minimum absolute atomic E-state index is 0.0546. The topological polar surface area (TPSA) is 139 Å². The van der Waals surface area contributed by atoms with Crippen molar-refractivity contribution < 1.29 is 46.5 Å². The highest BCUT2D eigenvalue weighted by molar-refractivity contribution is 7.91. The van der Waals surface area contributed by atoms with E-state index in [9.17, 15) is 27.6 Å². The summed E-state index contributed by atoms with van der Waals surface area (Å²) in [5, 5.41) is 0. The van der Waals surface area contributed by atoms with Crippen molar-refractivity contribution in [1.29, 1.82) is 0 Å². The zero-order chi connectivity index (χ0) is 29.3. The standard InChI is InChI=1S/C28H30O10S/c1-17(2)25(29)35-11-13-37-27(31)23-9-7-21(15-19(23)5)39(33,34)22-8-10-24(20(6)16-22)28(32)38-14-12-36-26(30)18(3)4/h7-10,15-16H,1,3,11-14H2,2,4-6H3. The largest absolute Gasteiger partial charge is 0.459 e. The molecule has 2 aromatic rings. The lowest BCUT2D eigenvalue weighted by Gasteiger charge is -2.12. The zero-order valence-electron chi connectivity index (χ0n) is 22.2. The second kappa shape index (κ2) is 13.5. The normalized spacial score (nSPS) is 10.8. The minimum atomic E-state index is -3.98. The van der Waals surface area contributed by atoms with E-state index in [0.717, 1.165) is 0 Å². The first-order valence-corrected chi connectivity index (χ1v) is 13.2. The number of carbonyl (C=O) groups is 4. The first-order valence-electron chi connectivity index (χ1n) is 11.7. The summed E-state index contributed by atoms with van der Waals surface area (Å²) in [6.07, 6.45) is 0. The average Bonchev–Trinajstić information content (AvgIpc) is 2.88. The van der Waals surface area contributed by atoms with Crippen LogP contribution in [-0.2, 0) is 38.4 Å². The lowest BCUT2D eigenvalue weighted by atomic mass is 10.1. The fourth-order valence-electron chi connectivity index (χ4n) is 3.14. The zero-order valence-corrected chi connectivity index (χ0v) is 23.0. The first-order chi connectivity index (χ1) is 18.2. The molecule has 0 aliphatic heterocycles. The van der Waals surface area contributed by atoms with E-state index in [1.807, 2.05) is 0 Å². The summed E-state index contributed by atoms with van der Waals surface area (Å²) in [6, 6.07) is 7.93. The Morgan fingerprint density at radius 1 is 0.641 bits per heavy atom. The van der Waals surface area contributed by atoms with Crippen LogP contribution in [0.15, 0.2) is 70.5 Å². The summed E-state index contributed by atoms with van der Waals surface area (Å²) in [5.41, 5.74) is 1.48. The van der Waals surface area contributed by atoms with Crippen LogP contribution in [0.3, 0.4) is 0 Å². The highest BCUT2D eigenvalue weighted by atomic mass is 32.2. The van der Waals surface area contributed by atoms with Gasteiger partial charge in [-0.05, 0) is 75.2 Å². The van der Waals surface area contributed by atoms with Crippen LogP contribution < -0.4 is 0 Å². The number of hydrogen-bond acceptors (Lipinski definition) is 10. The van der Waals surface area contributed by atoms with Crippen LogP contribution in [-0.4, -0.2) is 58.7 Å². The number of aryl methyl sites for hydroxylation is 2. The smallest absolute Gasteiger partial charge is 0.338 e. The molecular formula is C28H30O10S. The molecule has 11 heteroatoms. The van der Waals surface area contributed by atoms with Crippen LogP contribution in [0, 0.1) is 13.8 Å². The van der Waals surface area contributed by atoms with Gasteiger partial charge in [0.1, 0.15) is 26.4 Å². The Morgan fingerprint density at radius 3 is 1.28 bits per heavy atom. The number of benzene rings is 2. The van der Waals surface area contributed by atoms with E-state index >= 15 is 0 Å². The number of ether oxygens (including phenoxy) is 4. The summed E-state index contributed by atoms with van der Waals surface area (Å²) >= 11 is 0. The van der Waals surface area contributed by atoms with Gasteiger partial charge in [0.25, 0.3) is 0 Å². The number of esters is 4. The third kappa shape index (κ3) is 8.37. The van der Waals surface area contributed by atoms with Crippen LogP contribution >= 0.6 is 0 Å². The monoisotopic (exact) mass is 558 g/mol. The SMILES string of the molecule is C=C(C)C(=O)OCCOC(=O)c1ccc(S(=O)(=O)c2ccc(C(=O)OCCOC(=O)C(=C)C)c(C)c2)cc1C. The van der Waals surface area contributed by atoms with Crippen LogP contribution in [0.1, 0.15) is 45.7 Å². The number of carbonyl (C=O) groups excluding carboxylic acids is 4. The second-order valence-electron chi connectivity index (χ2n) is 8.56. The lowest BCUT2D eigenvalue weighted by molar-refractivity contribution is -0.140. The molecule has 0 aliphatic rings. The molecular weight excluding hydrogens is 528 g/mol. The second-order valence-corrected chi connectivity index (χ2v) is 10.5. The van der Waals surface area contributed by atoms with Crippen molar-refractivity contribution in [2.24, 2.45) is 0 Å². The van der Waals surface area contributed by atoms with Crippen LogP contribution in [0.25, 0.3) is 0 Å². The molecule has 0 aromatic heterocycles. The molecule has 0 bridgehead atoms. The fourth-order valence-corrected chi connectivity index (χ4v) is 4.57. The van der Waals surface area contributed by atoms with Gasteiger partial charge < -0.3 is 18.9 Å². The maximum atomic E-state index is 13.2. The molecule has 208 valence electrons. The maximum Gasteiger partial charge on any atom is 0.338 e. The van der Waals surface area contributed by atoms with Gasteiger partial charge in [0.05, 0.1) is 20.9 Å². The molecule has 0 atom stereocenters. The van der Waals surface area contributed by atoms with Gasteiger partial charge in [-0.2, -0.15) is 0 Å². The maximum absolute atomic E-state index is 13.2. The minimum Gasteiger partial charge on any atom is -0.459 e. The molecule has 0 radical (unpaired) electrons. The summed E-state index contributed by atoms with van der Waals surface area (Å²) in [5.74, 6) is -2.59. The molecule has 0 fully saturated rings. The fraction of sp³-hybridized carbons (Fsp3) is 0.286. The van der Waals surface area contributed by atoms with E-state index in [2.05, 4.69) is 13.2 Å². The number of hydrogen-bond donors (Lipinski definition) is 0. The van der Waals surface area contributed by atoms with E-state index in [1.165, 1.54) is 50.2 Å². The van der Waals surface area contributed by atoms with Crippen LogP contribution in [0.2, 0.25) is 0 Å². The molecule has 0 spiro atoms. The summed E-state index contributed by atoms with van der Waals surface area (Å²) in [6.45, 7) is 12.4. The quantitative estimate of drug-likeness (QED) is 0.164. The van der Waals surface area contributed by atoms with Crippen LogP contribution in [0.4, 0.5) is 0 Å². The predicted molar refractivity (Wildman–Crippen MR) is 140 cm³/mol. The van der Waals surface area contributed by atoms with Crippen molar-refractivity contribution in [2.45, 2.75) is 37.5 Å². The number of rotatable bonds is 12. The van der Waals surface area contributed by atoms with Gasteiger partial charge >= 0.3 is 23.9 Å². The molecule has 39 heavy (non-hydrogen) atoms. The Bertz CT molecular complexity index is 1320. The van der Waals surface area contributed by atoms with E-state index in [1.54, 1.807) is 13.8 Å². The van der Waals surface area contributed by atoms with Gasteiger partial charge in [0, 0.05) is 11.1 Å². The highest BCUT2D eigenvalue weighted by Crippen LogP contribution is 2.25. The summed E-state index contributed by atoms with van der Waals surface area (Å²) < 4.78 is 46.3. The van der Waals surface area contributed by atoms with Crippen molar-refractivity contribution >= 4 is 33.7 Å². The molecule has 0 heterocycles. The Balaban J connectivity index is 2.07. The Labute approximate surface area is 227 Å². The van der Waals surface area contributed by atoms with Gasteiger partial charge in [-0.25, -0.2) is 27.6 Å². The van der Waals surface area contributed by atoms with Gasteiger partial charge in [0.15, 0.2) is 0 Å². The van der Waals surface area contributed by atoms with Crippen molar-refractivity contribution in [3.8, 4) is 0 Å². The molecule has 0 aliphatic carbocycles. The molecule has 0 saturated carbocycles. The van der Waals surface area contributed by atoms with Crippen molar-refractivity contribution in [3.05, 3.63) is 83.0 Å². The molecule has 0 saturated heterocycles. The van der Waals surface area contributed by atoms with Crippen molar-refractivity contribution in [1.82, 2.24) is 0 Å². The third-order valence-electron chi connectivity index (χ3n) is 5.25. The van der Waals surface area contributed by atoms with Gasteiger partial charge in [-0.15, -0.1) is 0 Å². The lowest BCUT2D eigenvalue weighted by Crippen LogP contribution is -2.15. The molecule has 10 nitrogen and oxygen atoms in total. The molecule has 2 aromatic carbocycles. The van der Waals surface area contributed by atoms with E-state index in [4.69, 9.17) is 18.9 Å². The van der Waals surface area contributed by atoms with E-state index < -0.39 is 33.7 Å². The Morgan fingerprint density at radius 2 is 0.974 bits per heavy atom. The Kier molecular flexibility index (Phi) is 10.7. The Hall–Kier alpha value is -4.25. The molecule has 0 unspecified atom stereocenters. The predicted octanol–water partition coefficient (Wildman–Crippen LogP) is 3.69. The highest BCUT2D eigenvalue weighted by Gasteiger charge is 2.22. The van der Waals surface area contributed by atoms with Gasteiger partial charge in [0.2, 0.25) is 9.84 Å². The third-order valence-corrected chi connectivity index (χ3v) is 7.00.